The van der Waals surface area contributed by atoms with Crippen LogP contribution in [0.1, 0.15) is 29.8 Å². The molecule has 0 saturated carbocycles. The van der Waals surface area contributed by atoms with Gasteiger partial charge in [0.1, 0.15) is 6.61 Å². The molecule has 1 heterocycles. The molecule has 2 rings (SSSR count). The molecular weight excluding hydrogens is 346 g/mol. The zero-order valence-electron chi connectivity index (χ0n) is 16.1. The Hall–Kier alpha value is -2.80. The first-order valence-electron chi connectivity index (χ1n) is 9.06. The number of carbonyl (C=O) groups is 1. The Morgan fingerprint density at radius 3 is 2.48 bits per heavy atom. The fourth-order valence-corrected chi connectivity index (χ4v) is 2.61. The van der Waals surface area contributed by atoms with Crippen molar-refractivity contribution in [1.29, 1.82) is 0 Å². The highest BCUT2D eigenvalue weighted by molar-refractivity contribution is 5.93. The Morgan fingerprint density at radius 2 is 1.85 bits per heavy atom. The van der Waals surface area contributed by atoms with Gasteiger partial charge >= 0.3 is 0 Å². The lowest BCUT2D eigenvalue weighted by Crippen LogP contribution is -2.28. The summed E-state index contributed by atoms with van der Waals surface area (Å²) in [5.74, 6) is 1.07. The number of aromatic nitrogens is 1. The predicted molar refractivity (Wildman–Crippen MR) is 103 cm³/mol. The first kappa shape index (κ1) is 20.5. The van der Waals surface area contributed by atoms with Crippen LogP contribution in [0.5, 0.6) is 11.5 Å². The molecule has 1 N–H and O–H groups in total. The van der Waals surface area contributed by atoms with Crippen LogP contribution in [0.25, 0.3) is 0 Å². The third-order valence-corrected chi connectivity index (χ3v) is 4.30. The second kappa shape index (κ2) is 10.4. The van der Waals surface area contributed by atoms with E-state index in [4.69, 9.17) is 9.47 Å². The summed E-state index contributed by atoms with van der Waals surface area (Å²) in [6.45, 7) is 8.03. The number of ether oxygens (including phenoxy) is 2. The Labute approximate surface area is 160 Å². The molecule has 27 heavy (non-hydrogen) atoms. The minimum Gasteiger partial charge on any atom is -0.619 e. The van der Waals surface area contributed by atoms with E-state index < -0.39 is 0 Å². The maximum Gasteiger partial charge on any atom is 0.252 e. The topological polar surface area (TPSA) is 77.7 Å². The number of amides is 1. The lowest BCUT2D eigenvalue weighted by atomic mass is 10.2. The van der Waals surface area contributed by atoms with Crippen molar-refractivity contribution in [1.82, 2.24) is 10.2 Å². The van der Waals surface area contributed by atoms with Crippen molar-refractivity contribution in [3.8, 4) is 11.5 Å². The molecule has 7 nitrogen and oxygen atoms in total. The van der Waals surface area contributed by atoms with Crippen molar-refractivity contribution in [3.05, 3.63) is 59.1 Å². The molecule has 1 amide bonds. The Bertz CT molecular complexity index is 731. The first-order chi connectivity index (χ1) is 13.1. The van der Waals surface area contributed by atoms with Gasteiger partial charge in [0.15, 0.2) is 23.9 Å². The van der Waals surface area contributed by atoms with Gasteiger partial charge in [-0.25, -0.2) is 0 Å². The molecule has 0 aliphatic carbocycles. The standard InChI is InChI=1S/C20H27N3O4/c1-4-22(5-2)12-13-27-18-7-6-16(14-19(18)26-3)15-21-20(24)17-8-10-23(25)11-9-17/h6-11,14H,4-5,12-13,15H2,1-3H3,(H,21,24). The number of methoxy groups -OCH3 is 1. The largest absolute Gasteiger partial charge is 0.619 e. The van der Waals surface area contributed by atoms with Crippen LogP contribution >= 0.6 is 0 Å². The molecule has 0 spiro atoms. The van der Waals surface area contributed by atoms with Gasteiger partial charge in [0.05, 0.1) is 12.7 Å². The lowest BCUT2D eigenvalue weighted by Gasteiger charge is -2.19. The van der Waals surface area contributed by atoms with E-state index in [9.17, 15) is 10.0 Å². The van der Waals surface area contributed by atoms with Crippen LogP contribution < -0.4 is 19.5 Å². The summed E-state index contributed by atoms with van der Waals surface area (Å²) in [5, 5.41) is 13.9. The summed E-state index contributed by atoms with van der Waals surface area (Å²) in [6, 6.07) is 8.56. The van der Waals surface area contributed by atoms with E-state index >= 15 is 0 Å². The smallest absolute Gasteiger partial charge is 0.252 e. The fourth-order valence-electron chi connectivity index (χ4n) is 2.61. The molecule has 146 valence electrons. The highest BCUT2D eigenvalue weighted by atomic mass is 16.5. The van der Waals surface area contributed by atoms with Crippen LogP contribution in [0, 0.1) is 5.21 Å². The fraction of sp³-hybridized carbons (Fsp3) is 0.400. The summed E-state index contributed by atoms with van der Waals surface area (Å²) in [4.78, 5) is 14.4. The number of nitrogens with zero attached hydrogens (tertiary/aromatic N) is 2. The molecule has 0 unspecified atom stereocenters. The van der Waals surface area contributed by atoms with Gasteiger partial charge in [-0.3, -0.25) is 4.79 Å². The second-order valence-corrected chi connectivity index (χ2v) is 5.99. The molecule has 0 aliphatic heterocycles. The average molecular weight is 373 g/mol. The zero-order valence-corrected chi connectivity index (χ0v) is 16.1. The van der Waals surface area contributed by atoms with Gasteiger partial charge < -0.3 is 24.9 Å². The van der Waals surface area contributed by atoms with Gasteiger partial charge in [-0.1, -0.05) is 19.9 Å². The number of rotatable bonds is 10. The number of likely N-dealkylation sites (N-methyl/N-ethyl adjacent to an activating group) is 1. The summed E-state index contributed by atoms with van der Waals surface area (Å²) in [5.41, 5.74) is 1.33. The summed E-state index contributed by atoms with van der Waals surface area (Å²) in [7, 11) is 1.59. The van der Waals surface area contributed by atoms with Crippen molar-refractivity contribution in [2.24, 2.45) is 0 Å². The summed E-state index contributed by atoms with van der Waals surface area (Å²) < 4.78 is 11.9. The second-order valence-electron chi connectivity index (χ2n) is 5.99. The minimum atomic E-state index is -0.242. The monoisotopic (exact) mass is 373 g/mol. The number of pyridine rings is 1. The van der Waals surface area contributed by atoms with Gasteiger partial charge in [-0.05, 0) is 30.8 Å². The van der Waals surface area contributed by atoms with Crippen molar-refractivity contribution < 1.29 is 19.0 Å². The number of nitrogens with one attached hydrogen (secondary N) is 1. The normalized spacial score (nSPS) is 10.7. The maximum absolute atomic E-state index is 12.1. The Balaban J connectivity index is 1.92. The molecule has 7 heteroatoms. The van der Waals surface area contributed by atoms with Crippen molar-refractivity contribution in [2.45, 2.75) is 20.4 Å². The van der Waals surface area contributed by atoms with Gasteiger partial charge in [0.2, 0.25) is 0 Å². The van der Waals surface area contributed by atoms with Crippen molar-refractivity contribution >= 4 is 5.91 Å². The average Bonchev–Trinajstić information content (AvgIpc) is 2.70. The molecule has 2 aromatic rings. The van der Waals surface area contributed by atoms with E-state index in [1.807, 2.05) is 18.2 Å². The summed E-state index contributed by atoms with van der Waals surface area (Å²) >= 11 is 0. The third-order valence-electron chi connectivity index (χ3n) is 4.30. The van der Waals surface area contributed by atoms with Gasteiger partial charge in [-0.15, -0.1) is 0 Å². The van der Waals surface area contributed by atoms with Crippen LogP contribution in [-0.2, 0) is 6.54 Å². The van der Waals surface area contributed by atoms with Crippen LogP contribution in [0.4, 0.5) is 0 Å². The van der Waals surface area contributed by atoms with E-state index in [2.05, 4.69) is 24.1 Å². The zero-order chi connectivity index (χ0) is 19.6. The van der Waals surface area contributed by atoms with E-state index in [1.54, 1.807) is 7.11 Å². The Morgan fingerprint density at radius 1 is 1.15 bits per heavy atom. The van der Waals surface area contributed by atoms with Crippen LogP contribution in [0.3, 0.4) is 0 Å². The Kier molecular flexibility index (Phi) is 7.88. The highest BCUT2D eigenvalue weighted by Crippen LogP contribution is 2.28. The molecule has 0 atom stereocenters. The number of carbonyl (C=O) groups excluding carboxylic acids is 1. The SMILES string of the molecule is CCN(CC)CCOc1ccc(CNC(=O)c2cc[n+]([O-])cc2)cc1OC. The molecule has 0 saturated heterocycles. The molecule has 0 aliphatic rings. The molecule has 0 fully saturated rings. The van der Waals surface area contributed by atoms with Crippen LogP contribution in [0.15, 0.2) is 42.7 Å². The minimum absolute atomic E-state index is 0.242. The van der Waals surface area contributed by atoms with E-state index in [0.29, 0.717) is 34.9 Å². The molecule has 1 aromatic heterocycles. The van der Waals surface area contributed by atoms with Crippen LogP contribution in [-0.4, -0.2) is 44.2 Å². The van der Waals surface area contributed by atoms with Gasteiger partial charge in [0, 0.05) is 25.2 Å². The number of benzene rings is 1. The number of hydrogen-bond acceptors (Lipinski definition) is 5. The third kappa shape index (κ3) is 6.14. The highest BCUT2D eigenvalue weighted by Gasteiger charge is 2.10. The van der Waals surface area contributed by atoms with Gasteiger partial charge in [0.25, 0.3) is 5.91 Å². The van der Waals surface area contributed by atoms with E-state index in [1.165, 1.54) is 24.5 Å². The van der Waals surface area contributed by atoms with Gasteiger partial charge in [-0.2, -0.15) is 4.73 Å². The quantitative estimate of drug-likeness (QED) is 0.509. The summed E-state index contributed by atoms with van der Waals surface area (Å²) in [6.07, 6.45) is 2.59. The van der Waals surface area contributed by atoms with E-state index in [-0.39, 0.29) is 5.91 Å². The predicted octanol–water partition coefficient (Wildman–Crippen LogP) is 1.98. The van der Waals surface area contributed by atoms with Crippen molar-refractivity contribution in [3.63, 3.8) is 0 Å². The number of hydrogen-bond donors (Lipinski definition) is 1. The first-order valence-corrected chi connectivity index (χ1v) is 9.06. The maximum atomic E-state index is 12.1. The lowest BCUT2D eigenvalue weighted by molar-refractivity contribution is -0.605. The molecular formula is C20H27N3O4. The van der Waals surface area contributed by atoms with Crippen molar-refractivity contribution in [2.75, 3.05) is 33.4 Å². The van der Waals surface area contributed by atoms with Crippen LogP contribution in [0.2, 0.25) is 0 Å². The molecule has 0 bridgehead atoms. The molecule has 0 radical (unpaired) electrons. The van der Waals surface area contributed by atoms with E-state index in [0.717, 1.165) is 25.2 Å². The molecule has 1 aromatic carbocycles.